The van der Waals surface area contributed by atoms with Crippen LogP contribution in [0.15, 0.2) is 79.1 Å². The van der Waals surface area contributed by atoms with Crippen LogP contribution in [0.25, 0.3) is 34.0 Å². The minimum absolute atomic E-state index is 0.897. The lowest BCUT2D eigenvalue weighted by Crippen LogP contribution is -1.93. The molecule has 3 heterocycles. The van der Waals surface area contributed by atoms with Crippen LogP contribution in [0.4, 0.5) is 0 Å². The largest absolute Gasteiger partial charge is 0.255 e. The molecule has 0 aliphatic heterocycles. The van der Waals surface area contributed by atoms with Crippen LogP contribution < -0.4 is 0 Å². The van der Waals surface area contributed by atoms with Crippen LogP contribution in [-0.4, -0.2) is 9.97 Å². The lowest BCUT2D eigenvalue weighted by Gasteiger charge is -2.10. The summed E-state index contributed by atoms with van der Waals surface area (Å²) in [6.45, 7) is 2.26. The third kappa shape index (κ3) is 5.56. The molecule has 0 spiro atoms. The molecule has 0 saturated carbocycles. The number of aromatic nitrogens is 2. The predicted octanol–water partition coefficient (Wildman–Crippen LogP) is 8.17. The highest BCUT2D eigenvalue weighted by molar-refractivity contribution is 7.15. The Morgan fingerprint density at radius 2 is 1.65 bits per heavy atom. The van der Waals surface area contributed by atoms with Crippen LogP contribution in [0.1, 0.15) is 48.6 Å². The van der Waals surface area contributed by atoms with E-state index in [1.54, 1.807) is 0 Å². The molecular formula is C28H28N2S. The zero-order chi connectivity index (χ0) is 21.3. The van der Waals surface area contributed by atoms with Gasteiger partial charge in [-0.2, -0.15) is 0 Å². The van der Waals surface area contributed by atoms with Crippen LogP contribution in [0.2, 0.25) is 0 Å². The molecule has 0 N–H and O–H groups in total. The van der Waals surface area contributed by atoms with Crippen LogP contribution in [0.3, 0.4) is 0 Å². The maximum absolute atomic E-state index is 4.72. The zero-order valence-corrected chi connectivity index (χ0v) is 18.8. The molecule has 31 heavy (non-hydrogen) atoms. The predicted molar refractivity (Wildman–Crippen MR) is 134 cm³/mol. The monoisotopic (exact) mass is 424 g/mol. The second-order valence-corrected chi connectivity index (χ2v) is 8.82. The van der Waals surface area contributed by atoms with Crippen LogP contribution in [-0.2, 0) is 6.42 Å². The van der Waals surface area contributed by atoms with Gasteiger partial charge in [0.25, 0.3) is 0 Å². The van der Waals surface area contributed by atoms with E-state index in [1.165, 1.54) is 46.6 Å². The summed E-state index contributed by atoms with van der Waals surface area (Å²) in [5.41, 5.74) is 5.32. The molecule has 0 unspecified atom stereocenters. The lowest BCUT2D eigenvalue weighted by molar-refractivity contribution is 0.670. The number of thiophene rings is 1. The summed E-state index contributed by atoms with van der Waals surface area (Å²) in [6.07, 6.45) is 14.4. The number of rotatable bonds is 9. The molecule has 0 amide bonds. The van der Waals surface area contributed by atoms with E-state index in [0.717, 1.165) is 23.4 Å². The Balaban J connectivity index is 1.71. The average Bonchev–Trinajstić information content (AvgIpc) is 3.30. The normalized spacial score (nSPS) is 11.3. The van der Waals surface area contributed by atoms with Crippen molar-refractivity contribution in [2.75, 3.05) is 0 Å². The van der Waals surface area contributed by atoms with Gasteiger partial charge in [0.2, 0.25) is 0 Å². The topological polar surface area (TPSA) is 25.8 Å². The Bertz CT molecular complexity index is 1110. The molecule has 1 aromatic carbocycles. The number of benzene rings is 1. The molecule has 0 aliphatic rings. The van der Waals surface area contributed by atoms with Gasteiger partial charge in [-0.25, -0.2) is 0 Å². The van der Waals surface area contributed by atoms with E-state index in [4.69, 9.17) is 4.98 Å². The van der Waals surface area contributed by atoms with Crippen molar-refractivity contribution in [1.29, 1.82) is 0 Å². The van der Waals surface area contributed by atoms with Gasteiger partial charge in [0, 0.05) is 33.3 Å². The summed E-state index contributed by atoms with van der Waals surface area (Å²) in [6, 6.07) is 23.1. The fourth-order valence-corrected chi connectivity index (χ4v) is 4.78. The summed E-state index contributed by atoms with van der Waals surface area (Å²) in [4.78, 5) is 12.0. The van der Waals surface area contributed by atoms with Crippen LogP contribution in [0.5, 0.6) is 0 Å². The van der Waals surface area contributed by atoms with E-state index in [-0.39, 0.29) is 0 Å². The van der Waals surface area contributed by atoms with E-state index >= 15 is 0 Å². The van der Waals surface area contributed by atoms with Gasteiger partial charge in [-0.1, -0.05) is 74.7 Å². The van der Waals surface area contributed by atoms with E-state index in [9.17, 15) is 0 Å². The second kappa shape index (κ2) is 10.8. The first-order chi connectivity index (χ1) is 15.3. The SMILES string of the molecule is CCCCCCc1ccc(-c2ccnc(-c3ccccn3)c2C=Cc2ccccc2)s1. The molecule has 0 fully saturated rings. The standard InChI is InChI=1S/C28H28N2S/c1-2-3-4-8-13-23-16-18-27(31-23)24-19-21-30-28(26-14-9-10-20-29-26)25(24)17-15-22-11-6-5-7-12-22/h5-7,9-12,14-21H,2-4,8,13H2,1H3. The Morgan fingerprint density at radius 3 is 2.45 bits per heavy atom. The van der Waals surface area contributed by atoms with Crippen molar-refractivity contribution in [2.45, 2.75) is 39.0 Å². The van der Waals surface area contributed by atoms with Gasteiger partial charge in [0.15, 0.2) is 0 Å². The number of nitrogens with zero attached hydrogens (tertiary/aromatic N) is 2. The number of pyridine rings is 2. The van der Waals surface area contributed by atoms with Gasteiger partial charge < -0.3 is 0 Å². The zero-order valence-electron chi connectivity index (χ0n) is 18.0. The number of aryl methyl sites for hydroxylation is 1. The van der Waals surface area contributed by atoms with Gasteiger partial charge in [-0.3, -0.25) is 9.97 Å². The molecule has 156 valence electrons. The number of unbranched alkanes of at least 4 members (excludes halogenated alkanes) is 3. The molecule has 0 saturated heterocycles. The summed E-state index contributed by atoms with van der Waals surface area (Å²) < 4.78 is 0. The summed E-state index contributed by atoms with van der Waals surface area (Å²) >= 11 is 1.90. The molecule has 2 nitrogen and oxygen atoms in total. The van der Waals surface area contributed by atoms with Gasteiger partial charge in [0.1, 0.15) is 0 Å². The Kier molecular flexibility index (Phi) is 7.41. The molecular weight excluding hydrogens is 396 g/mol. The Hall–Kier alpha value is -3.04. The highest BCUT2D eigenvalue weighted by Crippen LogP contribution is 2.36. The summed E-state index contributed by atoms with van der Waals surface area (Å²) in [5, 5.41) is 0. The fourth-order valence-electron chi connectivity index (χ4n) is 3.69. The van der Waals surface area contributed by atoms with Crippen molar-refractivity contribution in [3.05, 3.63) is 95.1 Å². The lowest BCUT2D eigenvalue weighted by atomic mass is 10.0. The first-order valence-corrected chi connectivity index (χ1v) is 11.9. The van der Waals surface area contributed by atoms with Crippen molar-refractivity contribution < 1.29 is 0 Å². The van der Waals surface area contributed by atoms with Crippen molar-refractivity contribution in [3.63, 3.8) is 0 Å². The van der Waals surface area contributed by atoms with E-state index in [0.29, 0.717) is 0 Å². The molecule has 4 rings (SSSR count). The smallest absolute Gasteiger partial charge is 0.0964 e. The molecule has 3 aromatic heterocycles. The van der Waals surface area contributed by atoms with Gasteiger partial charge >= 0.3 is 0 Å². The first-order valence-electron chi connectivity index (χ1n) is 11.1. The van der Waals surface area contributed by atoms with E-state index < -0.39 is 0 Å². The molecule has 0 radical (unpaired) electrons. The Labute approximate surface area is 189 Å². The van der Waals surface area contributed by atoms with Crippen LogP contribution in [0, 0.1) is 0 Å². The first kappa shape index (κ1) is 21.2. The molecule has 3 heteroatoms. The van der Waals surface area contributed by atoms with E-state index in [2.05, 4.69) is 66.5 Å². The van der Waals surface area contributed by atoms with Crippen molar-refractivity contribution in [1.82, 2.24) is 9.97 Å². The minimum Gasteiger partial charge on any atom is -0.255 e. The third-order valence-corrected chi connectivity index (χ3v) is 6.52. The van der Waals surface area contributed by atoms with Gasteiger partial charge in [-0.05, 0) is 48.7 Å². The maximum Gasteiger partial charge on any atom is 0.0964 e. The molecule has 0 atom stereocenters. The number of hydrogen-bond acceptors (Lipinski definition) is 3. The van der Waals surface area contributed by atoms with E-state index in [1.807, 2.05) is 48.0 Å². The molecule has 0 bridgehead atoms. The highest BCUT2D eigenvalue weighted by atomic mass is 32.1. The fraction of sp³-hybridized carbons (Fsp3) is 0.214. The highest BCUT2D eigenvalue weighted by Gasteiger charge is 2.13. The average molecular weight is 425 g/mol. The van der Waals surface area contributed by atoms with Gasteiger partial charge in [-0.15, -0.1) is 11.3 Å². The molecule has 0 aliphatic carbocycles. The summed E-state index contributed by atoms with van der Waals surface area (Å²) in [7, 11) is 0. The Morgan fingerprint density at radius 1 is 0.774 bits per heavy atom. The van der Waals surface area contributed by atoms with Crippen molar-refractivity contribution >= 4 is 23.5 Å². The second-order valence-electron chi connectivity index (χ2n) is 7.66. The maximum atomic E-state index is 4.72. The van der Waals surface area contributed by atoms with Crippen molar-refractivity contribution in [2.24, 2.45) is 0 Å². The van der Waals surface area contributed by atoms with Gasteiger partial charge in [0.05, 0.1) is 11.4 Å². The number of hydrogen-bond donors (Lipinski definition) is 0. The minimum atomic E-state index is 0.897. The van der Waals surface area contributed by atoms with Crippen molar-refractivity contribution in [3.8, 4) is 21.8 Å². The third-order valence-electron chi connectivity index (χ3n) is 5.34. The molecule has 4 aromatic rings. The summed E-state index contributed by atoms with van der Waals surface area (Å²) in [5.74, 6) is 0. The quantitative estimate of drug-likeness (QED) is 0.253. The van der Waals surface area contributed by atoms with Crippen LogP contribution >= 0.6 is 11.3 Å².